The second-order valence-corrected chi connectivity index (χ2v) is 8.19. The monoisotopic (exact) mass is 309 g/mol. The zero-order chi connectivity index (χ0) is 16.0. The second-order valence-electron chi connectivity index (χ2n) is 6.73. The number of hydrogen-bond acceptors (Lipinski definition) is 5. The third kappa shape index (κ3) is 10.5. The van der Waals surface area contributed by atoms with Crippen molar-refractivity contribution in [1.29, 1.82) is 0 Å². The average Bonchev–Trinajstić information content (AvgIpc) is 2.21. The molecule has 120 valence electrons. The van der Waals surface area contributed by atoms with E-state index in [1.54, 1.807) is 20.8 Å². The van der Waals surface area contributed by atoms with E-state index in [-0.39, 0.29) is 31.0 Å². The van der Waals surface area contributed by atoms with Crippen LogP contribution in [0.4, 0.5) is 0 Å². The summed E-state index contributed by atoms with van der Waals surface area (Å²) in [5, 5.41) is 3.12. The summed E-state index contributed by atoms with van der Waals surface area (Å²) in [5.41, 5.74) is -0.553. The van der Waals surface area contributed by atoms with Crippen molar-refractivity contribution < 1.29 is 23.3 Å². The van der Waals surface area contributed by atoms with Gasteiger partial charge in [0, 0.05) is 23.9 Å². The summed E-state index contributed by atoms with van der Waals surface area (Å²) in [6.45, 7) is 11.7. The number of Topliss-reactive ketones (excluding diaryl/α,β-unsaturated/α-hetero) is 1. The van der Waals surface area contributed by atoms with Crippen LogP contribution in [-0.4, -0.2) is 36.0 Å². The predicted molar refractivity (Wildman–Crippen MR) is 78.6 cm³/mol. The number of hydrogen-bond donors (Lipinski definition) is 2. The lowest BCUT2D eigenvalue weighted by Crippen LogP contribution is -2.37. The lowest BCUT2D eigenvalue weighted by Gasteiger charge is -2.21. The average molecular weight is 309 g/mol. The van der Waals surface area contributed by atoms with Gasteiger partial charge < -0.3 is 10.2 Å². The molecule has 20 heavy (non-hydrogen) atoms. The fraction of sp³-hybridized carbons (Fsp3) is 0.923. The molecule has 0 aliphatic rings. The van der Waals surface area contributed by atoms with Crippen molar-refractivity contribution in [3.05, 3.63) is 0 Å². The van der Waals surface area contributed by atoms with Gasteiger partial charge in [-0.2, -0.15) is 0 Å². The standard InChI is InChI=1S/C13H28NO5P/c1-12(2,3)11(15)7-9-18-20(16,17)19-10-8-14-13(4,5)6/h14H,7-10H2,1-6H3,(H,16,17). The van der Waals surface area contributed by atoms with Gasteiger partial charge in [-0.25, -0.2) is 4.57 Å². The van der Waals surface area contributed by atoms with Crippen molar-refractivity contribution in [2.45, 2.75) is 53.5 Å². The maximum absolute atomic E-state index is 11.6. The van der Waals surface area contributed by atoms with E-state index in [4.69, 9.17) is 9.05 Å². The van der Waals surface area contributed by atoms with Crippen molar-refractivity contribution in [1.82, 2.24) is 5.32 Å². The van der Waals surface area contributed by atoms with Crippen LogP contribution in [0.1, 0.15) is 48.0 Å². The molecule has 0 heterocycles. The van der Waals surface area contributed by atoms with Gasteiger partial charge in [-0.05, 0) is 20.8 Å². The Morgan fingerprint density at radius 3 is 2.05 bits per heavy atom. The van der Waals surface area contributed by atoms with E-state index < -0.39 is 13.2 Å². The summed E-state index contributed by atoms with van der Waals surface area (Å²) >= 11 is 0. The van der Waals surface area contributed by atoms with Gasteiger partial charge >= 0.3 is 7.82 Å². The van der Waals surface area contributed by atoms with E-state index in [9.17, 15) is 14.3 Å². The van der Waals surface area contributed by atoms with Gasteiger partial charge in [0.25, 0.3) is 0 Å². The topological polar surface area (TPSA) is 84.9 Å². The van der Waals surface area contributed by atoms with Gasteiger partial charge in [0.2, 0.25) is 0 Å². The van der Waals surface area contributed by atoms with Crippen LogP contribution in [0.5, 0.6) is 0 Å². The van der Waals surface area contributed by atoms with E-state index in [1.807, 2.05) is 20.8 Å². The van der Waals surface area contributed by atoms with Gasteiger partial charge in [-0.1, -0.05) is 20.8 Å². The molecule has 6 nitrogen and oxygen atoms in total. The highest BCUT2D eigenvalue weighted by molar-refractivity contribution is 7.47. The number of ketones is 1. The smallest absolute Gasteiger partial charge is 0.310 e. The molecule has 0 radical (unpaired) electrons. The summed E-state index contributed by atoms with van der Waals surface area (Å²) in [5.74, 6) is -0.0214. The lowest BCUT2D eigenvalue weighted by molar-refractivity contribution is -0.126. The van der Waals surface area contributed by atoms with Crippen molar-refractivity contribution in [2.24, 2.45) is 5.41 Å². The first kappa shape index (κ1) is 19.7. The third-order valence-corrected chi connectivity index (χ3v) is 3.45. The minimum Gasteiger partial charge on any atom is -0.310 e. The minimum atomic E-state index is -4.08. The van der Waals surface area contributed by atoms with Crippen LogP contribution in [0.3, 0.4) is 0 Å². The Labute approximate surface area is 121 Å². The Kier molecular flexibility index (Phi) is 7.56. The number of nitrogens with one attached hydrogen (secondary N) is 1. The van der Waals surface area contributed by atoms with Crippen molar-refractivity contribution >= 4 is 13.6 Å². The highest BCUT2D eigenvalue weighted by Gasteiger charge is 2.24. The number of phosphoric ester groups is 1. The van der Waals surface area contributed by atoms with Crippen molar-refractivity contribution in [3.63, 3.8) is 0 Å². The molecular weight excluding hydrogens is 281 g/mol. The molecule has 0 bridgehead atoms. The minimum absolute atomic E-state index is 0.0214. The molecule has 0 spiro atoms. The maximum atomic E-state index is 11.6. The molecule has 0 saturated heterocycles. The fourth-order valence-corrected chi connectivity index (χ4v) is 1.97. The molecule has 1 atom stereocenters. The molecule has 0 fully saturated rings. The van der Waals surface area contributed by atoms with Crippen LogP contribution >= 0.6 is 7.82 Å². The Balaban J connectivity index is 3.91. The van der Waals surface area contributed by atoms with Crippen LogP contribution in [0.15, 0.2) is 0 Å². The van der Waals surface area contributed by atoms with Gasteiger partial charge in [0.15, 0.2) is 0 Å². The normalized spacial score (nSPS) is 15.9. The number of carbonyl (C=O) groups excluding carboxylic acids is 1. The molecule has 0 aromatic heterocycles. The Morgan fingerprint density at radius 2 is 1.60 bits per heavy atom. The van der Waals surface area contributed by atoms with Crippen LogP contribution < -0.4 is 5.32 Å². The number of rotatable bonds is 8. The Hall–Kier alpha value is -0.260. The van der Waals surface area contributed by atoms with E-state index >= 15 is 0 Å². The van der Waals surface area contributed by atoms with Crippen LogP contribution in [0.2, 0.25) is 0 Å². The predicted octanol–water partition coefficient (Wildman–Crippen LogP) is 2.51. The first-order valence-corrected chi connectivity index (χ1v) is 8.23. The molecule has 7 heteroatoms. The molecule has 0 aliphatic carbocycles. The van der Waals surface area contributed by atoms with E-state index in [0.29, 0.717) is 6.54 Å². The molecule has 0 aliphatic heterocycles. The summed E-state index contributed by atoms with van der Waals surface area (Å²) in [7, 11) is -4.08. The van der Waals surface area contributed by atoms with Crippen LogP contribution in [0.25, 0.3) is 0 Å². The molecule has 0 saturated carbocycles. The zero-order valence-corrected chi connectivity index (χ0v) is 14.3. The third-order valence-electron chi connectivity index (χ3n) is 2.43. The van der Waals surface area contributed by atoms with Crippen LogP contribution in [0, 0.1) is 5.41 Å². The highest BCUT2D eigenvalue weighted by atomic mass is 31.2. The largest absolute Gasteiger partial charge is 0.472 e. The SMILES string of the molecule is CC(C)(C)NCCOP(=O)(O)OCCC(=O)C(C)(C)C. The summed E-state index contributed by atoms with van der Waals surface area (Å²) < 4.78 is 21.1. The van der Waals surface area contributed by atoms with Gasteiger partial charge in [0.05, 0.1) is 13.2 Å². The molecule has 2 N–H and O–H groups in total. The van der Waals surface area contributed by atoms with E-state index in [1.165, 1.54) is 0 Å². The van der Waals surface area contributed by atoms with Crippen LogP contribution in [-0.2, 0) is 18.4 Å². The lowest BCUT2D eigenvalue weighted by atomic mass is 9.89. The molecule has 0 aromatic carbocycles. The first-order valence-electron chi connectivity index (χ1n) is 6.74. The molecule has 0 rings (SSSR count). The fourth-order valence-electron chi connectivity index (χ4n) is 1.25. The van der Waals surface area contributed by atoms with Crippen molar-refractivity contribution in [3.8, 4) is 0 Å². The van der Waals surface area contributed by atoms with E-state index in [0.717, 1.165) is 0 Å². The molecule has 0 aromatic rings. The van der Waals surface area contributed by atoms with Gasteiger partial charge in [0.1, 0.15) is 5.78 Å². The highest BCUT2D eigenvalue weighted by Crippen LogP contribution is 2.43. The first-order chi connectivity index (χ1) is 8.83. The molecule has 1 unspecified atom stereocenters. The van der Waals surface area contributed by atoms with Crippen molar-refractivity contribution in [2.75, 3.05) is 19.8 Å². The summed E-state index contributed by atoms with van der Waals surface area (Å²) in [6, 6.07) is 0. The molecule has 0 amide bonds. The summed E-state index contributed by atoms with van der Waals surface area (Å²) in [6.07, 6.45) is 0.0949. The summed E-state index contributed by atoms with van der Waals surface area (Å²) in [4.78, 5) is 21.1. The quantitative estimate of drug-likeness (QED) is 0.529. The van der Waals surface area contributed by atoms with Gasteiger partial charge in [-0.15, -0.1) is 0 Å². The second kappa shape index (κ2) is 7.66. The zero-order valence-electron chi connectivity index (χ0n) is 13.4. The number of phosphoric acid groups is 1. The maximum Gasteiger partial charge on any atom is 0.472 e. The number of carbonyl (C=O) groups is 1. The molecular formula is C13H28NO5P. The Morgan fingerprint density at radius 1 is 1.10 bits per heavy atom. The Bertz CT molecular complexity index is 357. The van der Waals surface area contributed by atoms with E-state index in [2.05, 4.69) is 5.32 Å². The van der Waals surface area contributed by atoms with Gasteiger partial charge in [-0.3, -0.25) is 13.8 Å².